The molecule has 0 spiro atoms. The number of likely N-dealkylation sites (tertiary alicyclic amines) is 1. The topological polar surface area (TPSA) is 46.3 Å². The van der Waals surface area contributed by atoms with E-state index in [-0.39, 0.29) is 0 Å². The number of aromatic nitrogens is 4. The van der Waals surface area contributed by atoms with E-state index in [0.717, 1.165) is 38.2 Å². The van der Waals surface area contributed by atoms with Gasteiger partial charge in [-0.05, 0) is 50.1 Å². The third kappa shape index (κ3) is 3.50. The Labute approximate surface area is 156 Å². The van der Waals surface area contributed by atoms with Crippen LogP contribution < -0.4 is 0 Å². The number of halogens is 2. The summed E-state index contributed by atoms with van der Waals surface area (Å²) in [6.45, 7) is 4.95. The number of benzene rings is 1. The Kier molecular flexibility index (Phi) is 4.63. The van der Waals surface area contributed by atoms with Crippen molar-refractivity contribution in [1.29, 1.82) is 0 Å². The molecule has 0 aliphatic carbocycles. The van der Waals surface area contributed by atoms with Gasteiger partial charge in [-0.2, -0.15) is 10.1 Å². The molecule has 4 rings (SSSR count). The summed E-state index contributed by atoms with van der Waals surface area (Å²) in [5.74, 6) is 1.10. The van der Waals surface area contributed by atoms with Crippen molar-refractivity contribution in [3.63, 3.8) is 0 Å². The third-order valence-electron chi connectivity index (χ3n) is 4.72. The minimum Gasteiger partial charge on any atom is -0.298 e. The van der Waals surface area contributed by atoms with Crippen LogP contribution in [-0.2, 0) is 6.54 Å². The van der Waals surface area contributed by atoms with Crippen LogP contribution in [0.15, 0.2) is 30.6 Å². The number of piperidine rings is 1. The summed E-state index contributed by atoms with van der Waals surface area (Å²) in [5, 5.41) is 5.57. The van der Waals surface area contributed by atoms with Gasteiger partial charge in [0.25, 0.3) is 5.78 Å². The van der Waals surface area contributed by atoms with Crippen molar-refractivity contribution < 1.29 is 0 Å². The molecule has 25 heavy (non-hydrogen) atoms. The van der Waals surface area contributed by atoms with Crippen molar-refractivity contribution in [2.75, 3.05) is 13.1 Å². The van der Waals surface area contributed by atoms with Crippen LogP contribution in [0.1, 0.15) is 35.7 Å². The maximum atomic E-state index is 6.15. The second-order valence-electron chi connectivity index (χ2n) is 6.62. The van der Waals surface area contributed by atoms with E-state index in [9.17, 15) is 0 Å². The maximum absolute atomic E-state index is 6.15. The van der Waals surface area contributed by atoms with Gasteiger partial charge in [-0.15, -0.1) is 0 Å². The molecule has 0 saturated carbocycles. The average Bonchev–Trinajstić information content (AvgIpc) is 3.06. The Morgan fingerprint density at radius 1 is 1.20 bits per heavy atom. The smallest absolute Gasteiger partial charge is 0.252 e. The normalized spacial score (nSPS) is 18.8. The fraction of sp³-hybridized carbons (Fsp3) is 0.389. The van der Waals surface area contributed by atoms with Gasteiger partial charge in [-0.25, -0.2) is 9.50 Å². The van der Waals surface area contributed by atoms with Gasteiger partial charge in [-0.3, -0.25) is 4.90 Å². The number of fused-ring (bicyclic) bond motifs is 1. The molecule has 1 fully saturated rings. The first-order valence-corrected chi connectivity index (χ1v) is 9.19. The summed E-state index contributed by atoms with van der Waals surface area (Å²) in [4.78, 5) is 11.1. The van der Waals surface area contributed by atoms with Gasteiger partial charge in [0, 0.05) is 24.7 Å². The van der Waals surface area contributed by atoms with Gasteiger partial charge in [0.05, 0.1) is 15.7 Å². The third-order valence-corrected chi connectivity index (χ3v) is 5.46. The Morgan fingerprint density at radius 3 is 2.92 bits per heavy atom. The van der Waals surface area contributed by atoms with Crippen LogP contribution in [0.25, 0.3) is 5.78 Å². The molecule has 0 radical (unpaired) electrons. The predicted octanol–water partition coefficient (Wildman–Crippen LogP) is 4.12. The van der Waals surface area contributed by atoms with Crippen LogP contribution in [0.3, 0.4) is 0 Å². The van der Waals surface area contributed by atoms with Crippen molar-refractivity contribution in [2.24, 2.45) is 0 Å². The second kappa shape index (κ2) is 6.90. The molecule has 1 aromatic carbocycles. The molecular weight excluding hydrogens is 357 g/mol. The van der Waals surface area contributed by atoms with Gasteiger partial charge < -0.3 is 0 Å². The first-order valence-electron chi connectivity index (χ1n) is 8.44. The number of aryl methyl sites for hydroxylation is 1. The fourth-order valence-corrected chi connectivity index (χ4v) is 3.91. The lowest BCUT2D eigenvalue weighted by atomic mass is 9.93. The standard InChI is InChI=1S/C18H19Cl2N5/c1-12-7-17(25-18(23-12)21-11-22-25)14-3-2-6-24(10-14)9-13-4-5-15(19)16(20)8-13/h4-5,7-8,11,14H,2-3,6,9-10H2,1H3. The van der Waals surface area contributed by atoms with Crippen LogP contribution in [0.4, 0.5) is 0 Å². The van der Waals surface area contributed by atoms with Crippen LogP contribution in [0, 0.1) is 6.92 Å². The van der Waals surface area contributed by atoms with Crippen molar-refractivity contribution in [3.05, 3.63) is 57.6 Å². The van der Waals surface area contributed by atoms with E-state index >= 15 is 0 Å². The van der Waals surface area contributed by atoms with Crippen molar-refractivity contribution in [2.45, 2.75) is 32.2 Å². The molecule has 5 nitrogen and oxygen atoms in total. The molecule has 1 unspecified atom stereocenters. The highest BCUT2D eigenvalue weighted by atomic mass is 35.5. The molecule has 130 valence electrons. The number of hydrogen-bond donors (Lipinski definition) is 0. The number of nitrogens with zero attached hydrogens (tertiary/aromatic N) is 5. The summed E-state index contributed by atoms with van der Waals surface area (Å²) in [6.07, 6.45) is 3.88. The molecule has 0 bridgehead atoms. The van der Waals surface area contributed by atoms with Gasteiger partial charge in [0.2, 0.25) is 0 Å². The minimum atomic E-state index is 0.419. The lowest BCUT2D eigenvalue weighted by molar-refractivity contribution is 0.197. The van der Waals surface area contributed by atoms with E-state index in [1.807, 2.05) is 29.6 Å². The highest BCUT2D eigenvalue weighted by molar-refractivity contribution is 6.42. The summed E-state index contributed by atoms with van der Waals surface area (Å²) < 4.78 is 1.88. The van der Waals surface area contributed by atoms with E-state index in [4.69, 9.17) is 23.2 Å². The predicted molar refractivity (Wildman–Crippen MR) is 99.2 cm³/mol. The van der Waals surface area contributed by atoms with E-state index in [2.05, 4.69) is 26.0 Å². The summed E-state index contributed by atoms with van der Waals surface area (Å²) in [5.41, 5.74) is 3.36. The van der Waals surface area contributed by atoms with Crippen LogP contribution >= 0.6 is 23.2 Å². The fourth-order valence-electron chi connectivity index (χ4n) is 3.59. The van der Waals surface area contributed by atoms with E-state index < -0.39 is 0 Å². The van der Waals surface area contributed by atoms with Crippen LogP contribution in [-0.4, -0.2) is 37.6 Å². The van der Waals surface area contributed by atoms with Crippen LogP contribution in [0.2, 0.25) is 10.0 Å². The minimum absolute atomic E-state index is 0.419. The maximum Gasteiger partial charge on any atom is 0.252 e. The molecule has 1 saturated heterocycles. The highest BCUT2D eigenvalue weighted by Gasteiger charge is 2.24. The zero-order valence-electron chi connectivity index (χ0n) is 14.0. The summed E-state index contributed by atoms with van der Waals surface area (Å²) >= 11 is 12.2. The first-order chi connectivity index (χ1) is 12.1. The molecule has 3 heterocycles. The Hall–Kier alpha value is -1.69. The van der Waals surface area contributed by atoms with Gasteiger partial charge >= 0.3 is 0 Å². The largest absolute Gasteiger partial charge is 0.298 e. The lowest BCUT2D eigenvalue weighted by Gasteiger charge is -2.33. The van der Waals surface area contributed by atoms with E-state index in [1.165, 1.54) is 11.3 Å². The lowest BCUT2D eigenvalue weighted by Crippen LogP contribution is -2.34. The Balaban J connectivity index is 1.56. The zero-order chi connectivity index (χ0) is 17.4. The number of rotatable bonds is 3. The second-order valence-corrected chi connectivity index (χ2v) is 7.43. The number of hydrogen-bond acceptors (Lipinski definition) is 4. The molecule has 3 aromatic rings. The molecule has 2 aromatic heterocycles. The molecule has 0 N–H and O–H groups in total. The van der Waals surface area contributed by atoms with Gasteiger partial charge in [-0.1, -0.05) is 29.3 Å². The summed E-state index contributed by atoms with van der Waals surface area (Å²) in [7, 11) is 0. The monoisotopic (exact) mass is 375 g/mol. The average molecular weight is 376 g/mol. The first kappa shape index (κ1) is 16.8. The van der Waals surface area contributed by atoms with Crippen LogP contribution in [0.5, 0.6) is 0 Å². The van der Waals surface area contributed by atoms with Gasteiger partial charge in [0.15, 0.2) is 0 Å². The molecule has 1 aliphatic rings. The molecular formula is C18H19Cl2N5. The van der Waals surface area contributed by atoms with Crippen molar-refractivity contribution in [1.82, 2.24) is 24.5 Å². The quantitative estimate of drug-likeness (QED) is 0.690. The molecule has 0 amide bonds. The van der Waals surface area contributed by atoms with Crippen molar-refractivity contribution in [3.8, 4) is 0 Å². The zero-order valence-corrected chi connectivity index (χ0v) is 15.5. The van der Waals surface area contributed by atoms with E-state index in [1.54, 1.807) is 6.33 Å². The van der Waals surface area contributed by atoms with E-state index in [0.29, 0.717) is 21.7 Å². The molecule has 7 heteroatoms. The molecule has 1 aliphatic heterocycles. The van der Waals surface area contributed by atoms with Gasteiger partial charge in [0.1, 0.15) is 6.33 Å². The SMILES string of the molecule is Cc1cc(C2CCCN(Cc3ccc(Cl)c(Cl)c3)C2)n2ncnc2n1. The Morgan fingerprint density at radius 2 is 2.08 bits per heavy atom. The Bertz CT molecular complexity index is 908. The summed E-state index contributed by atoms with van der Waals surface area (Å²) in [6, 6.07) is 8.00. The highest BCUT2D eigenvalue weighted by Crippen LogP contribution is 2.29. The van der Waals surface area contributed by atoms with Crippen molar-refractivity contribution >= 4 is 29.0 Å². The molecule has 1 atom stereocenters.